The van der Waals surface area contributed by atoms with Crippen LogP contribution in [0.15, 0.2) is 0 Å². The van der Waals surface area contributed by atoms with E-state index in [2.05, 4.69) is 21.3 Å². The van der Waals surface area contributed by atoms with E-state index in [1.165, 1.54) is 87.7 Å². The third-order valence-corrected chi connectivity index (χ3v) is 16.3. The first kappa shape index (κ1) is 77.1. The zero-order valence-electron chi connectivity index (χ0n) is 56.3. The maximum Gasteiger partial charge on any atom is 0.246 e. The van der Waals surface area contributed by atoms with Gasteiger partial charge >= 0.3 is 0 Å². The minimum Gasteiger partial charge on any atom is -0.390 e. The number of amides is 11. The number of aliphatic hydroxyl groups is 1. The molecule has 1 aliphatic rings. The number of nitrogens with one attached hydrogen (secondary N) is 4. The first-order valence-electron chi connectivity index (χ1n) is 31.0. The van der Waals surface area contributed by atoms with Crippen LogP contribution in [-0.2, 0) is 52.7 Å². The third-order valence-electron chi connectivity index (χ3n) is 16.3. The molecule has 1 fully saturated rings. The molecule has 1 heterocycles. The molecule has 0 aromatic rings. The summed E-state index contributed by atoms with van der Waals surface area (Å²) in [6.45, 7) is 29.6. The number of rotatable bonds is 16. The van der Waals surface area contributed by atoms with Crippen LogP contribution < -0.4 is 21.3 Å². The highest BCUT2D eigenvalue weighted by atomic mass is 16.3. The molecular weight excluding hydrogens is 1090 g/mol. The lowest BCUT2D eigenvalue weighted by Gasteiger charge is -2.41. The predicted octanol–water partition coefficient (Wildman–Crippen LogP) is 3.49. The molecular formula is C62H113N11O12. The zero-order valence-corrected chi connectivity index (χ0v) is 56.3. The van der Waals surface area contributed by atoms with Crippen LogP contribution in [0, 0.1) is 41.4 Å². The van der Waals surface area contributed by atoms with Crippen molar-refractivity contribution >= 4 is 65.0 Å². The largest absolute Gasteiger partial charge is 0.390 e. The van der Waals surface area contributed by atoms with Crippen molar-refractivity contribution in [3.63, 3.8) is 0 Å². The molecule has 488 valence electrons. The van der Waals surface area contributed by atoms with Gasteiger partial charge in [-0.3, -0.25) is 52.7 Å². The molecule has 23 nitrogen and oxygen atoms in total. The summed E-state index contributed by atoms with van der Waals surface area (Å²) in [5, 5.41) is 23.1. The van der Waals surface area contributed by atoms with Crippen LogP contribution in [0.5, 0.6) is 0 Å². The molecule has 1 saturated heterocycles. The number of hydrogen-bond donors (Lipinski definition) is 5. The molecule has 12 atom stereocenters. The highest BCUT2D eigenvalue weighted by molar-refractivity contribution is 5.99. The number of carbonyl (C=O) groups excluding carboxylic acids is 11. The maximum atomic E-state index is 15.1. The predicted molar refractivity (Wildman–Crippen MR) is 329 cm³/mol. The molecule has 0 aliphatic carbocycles. The fraction of sp³-hybridized carbons (Fsp3) is 0.823. The van der Waals surface area contributed by atoms with E-state index in [-0.39, 0.29) is 55.8 Å². The van der Waals surface area contributed by atoms with Gasteiger partial charge < -0.3 is 60.7 Å². The van der Waals surface area contributed by atoms with Crippen molar-refractivity contribution in [3.05, 3.63) is 0 Å². The summed E-state index contributed by atoms with van der Waals surface area (Å²) in [5.74, 6) is -9.50. The lowest BCUT2D eigenvalue weighted by Crippen LogP contribution is -2.63. The number of hydrogen-bond acceptors (Lipinski definition) is 12. The Hall–Kier alpha value is -5.87. The van der Waals surface area contributed by atoms with Crippen molar-refractivity contribution in [3.8, 4) is 0 Å². The van der Waals surface area contributed by atoms with Crippen molar-refractivity contribution in [1.82, 2.24) is 55.6 Å². The van der Waals surface area contributed by atoms with Crippen LogP contribution in [0.4, 0.5) is 0 Å². The highest BCUT2D eigenvalue weighted by Crippen LogP contribution is 2.26. The second-order valence-electron chi connectivity index (χ2n) is 26.4. The molecule has 1 unspecified atom stereocenters. The van der Waals surface area contributed by atoms with E-state index in [0.717, 1.165) is 16.2 Å². The summed E-state index contributed by atoms with van der Waals surface area (Å²) in [6, 6.07) is -12.2. The van der Waals surface area contributed by atoms with Crippen LogP contribution in [0.1, 0.15) is 169 Å². The molecule has 0 aromatic heterocycles. The van der Waals surface area contributed by atoms with E-state index in [1.807, 2.05) is 62.3 Å². The average molecular weight is 1200 g/mol. The van der Waals surface area contributed by atoms with Gasteiger partial charge in [-0.25, -0.2) is 0 Å². The second-order valence-corrected chi connectivity index (χ2v) is 26.4. The Morgan fingerprint density at radius 3 is 1.29 bits per heavy atom. The lowest BCUT2D eigenvalue weighted by molar-refractivity contribution is -0.157. The minimum atomic E-state index is -1.58. The van der Waals surface area contributed by atoms with Gasteiger partial charge in [0.25, 0.3) is 0 Å². The van der Waals surface area contributed by atoms with Crippen LogP contribution >= 0.6 is 0 Å². The monoisotopic (exact) mass is 1200 g/mol. The Bertz CT molecular complexity index is 2280. The van der Waals surface area contributed by atoms with Crippen LogP contribution in [0.2, 0.25) is 0 Å². The van der Waals surface area contributed by atoms with Gasteiger partial charge in [-0.2, -0.15) is 0 Å². The van der Waals surface area contributed by atoms with Crippen molar-refractivity contribution < 1.29 is 57.8 Å². The van der Waals surface area contributed by atoms with Crippen molar-refractivity contribution in [1.29, 1.82) is 0 Å². The summed E-state index contributed by atoms with van der Waals surface area (Å²) < 4.78 is 0. The van der Waals surface area contributed by atoms with Gasteiger partial charge in [0.2, 0.25) is 65.0 Å². The molecule has 0 saturated carbocycles. The molecule has 0 bridgehead atoms. The zero-order chi connectivity index (χ0) is 66.0. The number of aliphatic hydroxyl groups excluding tert-OH is 1. The number of likely N-dealkylation sites (N-methyl/N-ethyl adjacent to an activating group) is 7. The third kappa shape index (κ3) is 21.8. The standard InChI is InChI=1S/C62H113N11O12/c1-25-27-28-40(15)52(75)51-56(79)65-43(26-2)58(81)67(18)33-48(74)68(19)44(29-34(3)4)55(78)66-49(38(11)12)61(84)69(20)45(30-35(5)6)54(77)63-41(16)53(76)64-42(17)57(80)70(21)46(31-36(7)8)59(82)71(22)47(32-37(9)10)60(83)72(23)50(39(13)14)62(85)73(51)24/h34-47,49-52,75H,25-33H2,1-24H3,(H,63,77)(H,64,76)(H,65,79)(H,66,78)/t40?,41-,42+,43-,44-,45-,46-,47-,49-,50-,51-,52+/m0/s1. The molecule has 1 aliphatic heterocycles. The van der Waals surface area contributed by atoms with Gasteiger partial charge in [-0.15, -0.1) is 0 Å². The van der Waals surface area contributed by atoms with Crippen LogP contribution in [-0.4, -0.2) is 227 Å². The van der Waals surface area contributed by atoms with Crippen molar-refractivity contribution in [2.45, 2.75) is 236 Å². The first-order valence-corrected chi connectivity index (χ1v) is 31.0. The Balaban J connectivity index is 4.31. The van der Waals surface area contributed by atoms with Crippen molar-refractivity contribution in [2.75, 3.05) is 55.9 Å². The van der Waals surface area contributed by atoms with E-state index in [0.29, 0.717) is 12.8 Å². The Labute approximate surface area is 509 Å². The van der Waals surface area contributed by atoms with Gasteiger partial charge in [0.05, 0.1) is 12.6 Å². The Morgan fingerprint density at radius 2 is 0.847 bits per heavy atom. The lowest BCUT2D eigenvalue weighted by atomic mass is 9.90. The average Bonchev–Trinajstić information content (AvgIpc) is 3.62. The quantitative estimate of drug-likeness (QED) is 0.149. The van der Waals surface area contributed by atoms with E-state index < -0.39 is 156 Å². The van der Waals surface area contributed by atoms with E-state index >= 15 is 9.59 Å². The van der Waals surface area contributed by atoms with Crippen LogP contribution in [0.3, 0.4) is 0 Å². The normalized spacial score (nSPS) is 26.8. The molecule has 23 heteroatoms. The second kappa shape index (κ2) is 35.1. The molecule has 0 aromatic carbocycles. The molecule has 0 spiro atoms. The highest BCUT2D eigenvalue weighted by Gasteiger charge is 2.46. The molecule has 85 heavy (non-hydrogen) atoms. The summed E-state index contributed by atoms with van der Waals surface area (Å²) in [6.07, 6.45) is 1.20. The van der Waals surface area contributed by atoms with Gasteiger partial charge in [0.15, 0.2) is 0 Å². The minimum absolute atomic E-state index is 0.0340. The van der Waals surface area contributed by atoms with E-state index in [9.17, 15) is 48.3 Å². The molecule has 0 radical (unpaired) electrons. The maximum absolute atomic E-state index is 15.1. The van der Waals surface area contributed by atoms with Gasteiger partial charge in [-0.1, -0.05) is 117 Å². The first-order chi connectivity index (χ1) is 39.2. The molecule has 11 amide bonds. The van der Waals surface area contributed by atoms with Gasteiger partial charge in [0.1, 0.15) is 60.4 Å². The summed E-state index contributed by atoms with van der Waals surface area (Å²) in [5.41, 5.74) is 0. The number of unbranched alkanes of at least 4 members (excludes halogenated alkanes) is 1. The van der Waals surface area contributed by atoms with Gasteiger partial charge in [0, 0.05) is 49.3 Å². The summed E-state index contributed by atoms with van der Waals surface area (Å²) in [7, 11) is 9.97. The summed E-state index contributed by atoms with van der Waals surface area (Å²) >= 11 is 0. The Morgan fingerprint density at radius 1 is 0.435 bits per heavy atom. The van der Waals surface area contributed by atoms with Crippen molar-refractivity contribution in [2.24, 2.45) is 41.4 Å². The van der Waals surface area contributed by atoms with E-state index in [4.69, 9.17) is 0 Å². The molecule has 1 rings (SSSR count). The number of nitrogens with zero attached hydrogens (tertiary/aromatic N) is 7. The smallest absolute Gasteiger partial charge is 0.246 e. The molecule has 5 N–H and O–H groups in total. The van der Waals surface area contributed by atoms with Gasteiger partial charge in [-0.05, 0) is 93.8 Å². The Kier molecular flexibility index (Phi) is 31.8. The fourth-order valence-electron chi connectivity index (χ4n) is 10.9. The fourth-order valence-corrected chi connectivity index (χ4v) is 10.9. The SMILES string of the molecule is CCCCC(C)[C@@H](O)[C@H]1C(=O)N[C@@H](CC)C(=O)N(C)CC(=O)N(C)[C@@H](CC(C)C)C(=O)N[C@@H](C(C)C)C(=O)N(C)[C@@H](CC(C)C)C(=O)N[C@@H](C)C(=O)N[C@H](C)C(=O)N(C)[C@@H](CC(C)C)C(=O)N(C)[C@@H](CC(C)C)C(=O)N(C)[C@@H](C(C)C)C(=O)N1C. The van der Waals surface area contributed by atoms with E-state index in [1.54, 1.807) is 41.5 Å². The number of carbonyl (C=O) groups is 11. The van der Waals surface area contributed by atoms with Crippen LogP contribution in [0.25, 0.3) is 0 Å². The summed E-state index contributed by atoms with van der Waals surface area (Å²) in [4.78, 5) is 169. The topological polar surface area (TPSA) is 279 Å².